The largest absolute Gasteiger partial charge is 0.507 e. The van der Waals surface area contributed by atoms with Crippen LogP contribution in [0.5, 0.6) is 5.75 Å². The van der Waals surface area contributed by atoms with Crippen molar-refractivity contribution in [2.45, 2.75) is 32.1 Å². The fourth-order valence-electron chi connectivity index (χ4n) is 6.12. The molecular formula is C35H42Cl6N4O. The van der Waals surface area contributed by atoms with Crippen LogP contribution in [0.15, 0.2) is 67.3 Å². The molecule has 0 aliphatic carbocycles. The summed E-state index contributed by atoms with van der Waals surface area (Å²) >= 11 is 38.1. The number of rotatable bonds is 17. The van der Waals surface area contributed by atoms with Crippen LogP contribution in [0.2, 0.25) is 10.0 Å². The van der Waals surface area contributed by atoms with Crippen molar-refractivity contribution in [2.75, 3.05) is 72.6 Å². The highest BCUT2D eigenvalue weighted by molar-refractivity contribution is 6.32. The number of allylic oxidation sites excluding steroid dienone is 1. The molecule has 0 amide bonds. The van der Waals surface area contributed by atoms with Crippen molar-refractivity contribution < 1.29 is 5.11 Å². The second-order valence-corrected chi connectivity index (χ2v) is 13.6. The van der Waals surface area contributed by atoms with E-state index in [0.717, 1.165) is 53.1 Å². The first-order chi connectivity index (χ1) is 22.3. The number of benzene rings is 3. The van der Waals surface area contributed by atoms with Crippen LogP contribution >= 0.6 is 69.6 Å². The predicted octanol–water partition coefficient (Wildman–Crippen LogP) is 9.40. The standard InChI is InChI=1S/C35H42Cl6N4O/c1-2-5-26-6-3-7-31(34(26)46)35-44(24-27-8-10-29(22-32(27)40)42(18-12-36)19-13-37)16-4-17-45(35)25-28-9-11-30(23-33(28)41)43(20-14-38)21-15-39/h2-3,6-11,22-23,35,46H,1,4-5,12-21,24-25H2. The van der Waals surface area contributed by atoms with Crippen molar-refractivity contribution in [3.63, 3.8) is 0 Å². The molecule has 1 aliphatic heterocycles. The molecule has 3 aromatic carbocycles. The van der Waals surface area contributed by atoms with Gasteiger partial charge in [-0.25, -0.2) is 0 Å². The van der Waals surface area contributed by atoms with Gasteiger partial charge in [0.15, 0.2) is 0 Å². The maximum Gasteiger partial charge on any atom is 0.125 e. The molecule has 0 unspecified atom stereocenters. The van der Waals surface area contributed by atoms with E-state index >= 15 is 0 Å². The Balaban J connectivity index is 1.67. The summed E-state index contributed by atoms with van der Waals surface area (Å²) in [7, 11) is 0. The lowest BCUT2D eigenvalue weighted by atomic mass is 9.99. The zero-order chi connectivity index (χ0) is 33.1. The third kappa shape index (κ3) is 9.54. The Labute approximate surface area is 304 Å². The smallest absolute Gasteiger partial charge is 0.125 e. The monoisotopic (exact) mass is 744 g/mol. The summed E-state index contributed by atoms with van der Waals surface area (Å²) in [6.45, 7) is 9.54. The minimum absolute atomic E-state index is 0.210. The van der Waals surface area contributed by atoms with Crippen LogP contribution in [-0.4, -0.2) is 77.7 Å². The van der Waals surface area contributed by atoms with Crippen LogP contribution in [0.1, 0.15) is 34.8 Å². The summed E-state index contributed by atoms with van der Waals surface area (Å²) in [5.41, 5.74) is 5.71. The molecule has 1 aliphatic rings. The lowest BCUT2D eigenvalue weighted by Gasteiger charge is -2.45. The molecule has 0 aromatic heterocycles. The van der Waals surface area contributed by atoms with E-state index in [9.17, 15) is 5.11 Å². The van der Waals surface area contributed by atoms with E-state index in [1.54, 1.807) is 0 Å². The lowest BCUT2D eigenvalue weighted by Crippen LogP contribution is -2.47. The van der Waals surface area contributed by atoms with Gasteiger partial charge in [0.1, 0.15) is 5.75 Å². The minimum Gasteiger partial charge on any atom is -0.507 e. The van der Waals surface area contributed by atoms with Gasteiger partial charge in [-0.3, -0.25) is 9.80 Å². The Hall–Kier alpha value is -1.54. The SMILES string of the molecule is C=CCc1cccc(C2N(Cc3ccc(N(CCCl)CCCl)cc3Cl)CCCN2Cc2ccc(N(CCCl)CCCl)cc2Cl)c1O. The highest BCUT2D eigenvalue weighted by Crippen LogP contribution is 2.40. The fraction of sp³-hybridized carbons (Fsp3) is 0.429. The number of halogens is 6. The van der Waals surface area contributed by atoms with Gasteiger partial charge in [-0.05, 0) is 53.8 Å². The van der Waals surface area contributed by atoms with Gasteiger partial charge in [0.05, 0.1) is 6.17 Å². The molecule has 1 N–H and O–H groups in total. The molecule has 1 saturated heterocycles. The van der Waals surface area contributed by atoms with Crippen molar-refractivity contribution in [3.8, 4) is 5.75 Å². The van der Waals surface area contributed by atoms with Crippen LogP contribution in [0.4, 0.5) is 11.4 Å². The van der Waals surface area contributed by atoms with Gasteiger partial charge in [0, 0.05) is 103 Å². The van der Waals surface area contributed by atoms with Crippen LogP contribution in [-0.2, 0) is 19.5 Å². The molecule has 1 fully saturated rings. The number of phenols is 1. The first-order valence-electron chi connectivity index (χ1n) is 15.5. The van der Waals surface area contributed by atoms with Crippen molar-refractivity contribution in [2.24, 2.45) is 0 Å². The fourth-order valence-corrected chi connectivity index (χ4v) is 7.41. The minimum atomic E-state index is -0.210. The van der Waals surface area contributed by atoms with E-state index in [2.05, 4.69) is 50.4 Å². The number of phenolic OH excluding ortho intramolecular Hbond substituents is 1. The summed E-state index contributed by atoms with van der Waals surface area (Å²) in [5, 5.41) is 12.9. The molecule has 0 bridgehead atoms. The van der Waals surface area contributed by atoms with E-state index in [-0.39, 0.29) is 6.17 Å². The van der Waals surface area contributed by atoms with E-state index < -0.39 is 0 Å². The first-order valence-corrected chi connectivity index (χ1v) is 18.4. The van der Waals surface area contributed by atoms with Crippen molar-refractivity contribution in [1.82, 2.24) is 9.80 Å². The molecule has 0 spiro atoms. The number of hydrogen-bond acceptors (Lipinski definition) is 5. The summed E-state index contributed by atoms with van der Waals surface area (Å²) in [5.74, 6) is 2.30. The molecular weight excluding hydrogens is 705 g/mol. The number of alkyl halides is 4. The third-order valence-corrected chi connectivity index (χ3v) is 9.72. The van der Waals surface area contributed by atoms with E-state index in [1.165, 1.54) is 0 Å². The van der Waals surface area contributed by atoms with Gasteiger partial charge in [-0.1, -0.05) is 59.6 Å². The average molecular weight is 747 g/mol. The number of anilines is 2. The Kier molecular flexibility index (Phi) is 15.3. The molecule has 46 heavy (non-hydrogen) atoms. The van der Waals surface area contributed by atoms with E-state index in [0.29, 0.717) is 85.0 Å². The number of para-hydroxylation sites is 1. The topological polar surface area (TPSA) is 33.2 Å². The number of nitrogens with zero attached hydrogens (tertiary/aromatic N) is 4. The van der Waals surface area contributed by atoms with Crippen LogP contribution < -0.4 is 9.80 Å². The maximum absolute atomic E-state index is 11.5. The average Bonchev–Trinajstić information content (AvgIpc) is 3.04. The van der Waals surface area contributed by atoms with Crippen molar-refractivity contribution in [1.29, 1.82) is 0 Å². The van der Waals surface area contributed by atoms with Gasteiger partial charge >= 0.3 is 0 Å². The Bertz CT molecular complexity index is 1340. The zero-order valence-electron chi connectivity index (χ0n) is 26.0. The second kappa shape index (κ2) is 18.9. The van der Waals surface area contributed by atoms with Gasteiger partial charge in [-0.15, -0.1) is 53.0 Å². The highest BCUT2D eigenvalue weighted by atomic mass is 35.5. The molecule has 4 rings (SSSR count). The summed E-state index contributed by atoms with van der Waals surface area (Å²) in [6.07, 6.45) is 3.13. The summed E-state index contributed by atoms with van der Waals surface area (Å²) in [6, 6.07) is 18.3. The summed E-state index contributed by atoms with van der Waals surface area (Å²) < 4.78 is 0. The Morgan fingerprint density at radius 2 is 1.20 bits per heavy atom. The van der Waals surface area contributed by atoms with Gasteiger partial charge in [0.2, 0.25) is 0 Å². The van der Waals surface area contributed by atoms with Crippen molar-refractivity contribution in [3.05, 3.63) is 99.6 Å². The molecule has 11 heteroatoms. The molecule has 250 valence electrons. The maximum atomic E-state index is 11.5. The van der Waals surface area contributed by atoms with Gasteiger partial charge in [-0.2, -0.15) is 0 Å². The van der Waals surface area contributed by atoms with E-state index in [1.807, 2.05) is 36.4 Å². The Morgan fingerprint density at radius 3 is 1.61 bits per heavy atom. The predicted molar refractivity (Wildman–Crippen MR) is 200 cm³/mol. The Morgan fingerprint density at radius 1 is 0.717 bits per heavy atom. The molecule has 0 saturated carbocycles. The number of hydrogen-bond donors (Lipinski definition) is 1. The summed E-state index contributed by atoms with van der Waals surface area (Å²) in [4.78, 5) is 9.06. The highest BCUT2D eigenvalue weighted by Gasteiger charge is 2.33. The van der Waals surface area contributed by atoms with Crippen LogP contribution in [0.25, 0.3) is 0 Å². The molecule has 5 nitrogen and oxygen atoms in total. The van der Waals surface area contributed by atoms with E-state index in [4.69, 9.17) is 69.6 Å². The normalized spacial score (nSPS) is 14.5. The second-order valence-electron chi connectivity index (χ2n) is 11.3. The molecule has 0 atom stereocenters. The van der Waals surface area contributed by atoms with Gasteiger partial charge in [0.25, 0.3) is 0 Å². The molecule has 0 radical (unpaired) electrons. The van der Waals surface area contributed by atoms with Gasteiger partial charge < -0.3 is 14.9 Å². The quantitative estimate of drug-likeness (QED) is 0.110. The molecule has 1 heterocycles. The van der Waals surface area contributed by atoms with Crippen LogP contribution in [0.3, 0.4) is 0 Å². The lowest BCUT2D eigenvalue weighted by molar-refractivity contribution is -0.0103. The first kappa shape index (κ1) is 37.3. The number of aromatic hydroxyl groups is 1. The van der Waals surface area contributed by atoms with Crippen LogP contribution in [0, 0.1) is 0 Å². The molecule has 3 aromatic rings. The zero-order valence-corrected chi connectivity index (χ0v) is 30.5. The third-order valence-electron chi connectivity index (χ3n) is 8.34. The van der Waals surface area contributed by atoms with Crippen molar-refractivity contribution >= 4 is 81.0 Å².